The molecule has 0 aliphatic carbocycles. The highest BCUT2D eigenvalue weighted by molar-refractivity contribution is 5.94. The summed E-state index contributed by atoms with van der Waals surface area (Å²) in [6, 6.07) is 22.1. The summed E-state index contributed by atoms with van der Waals surface area (Å²) in [5.41, 5.74) is 2.93. The van der Waals surface area contributed by atoms with Gasteiger partial charge < -0.3 is 14.6 Å². The average Bonchev–Trinajstić information content (AvgIpc) is 3.30. The third-order valence-electron chi connectivity index (χ3n) is 5.16. The Balaban J connectivity index is 1.43. The number of ether oxygens (including phenoxy) is 1. The molecule has 2 aromatic carbocycles. The van der Waals surface area contributed by atoms with Crippen molar-refractivity contribution in [2.24, 2.45) is 0 Å². The van der Waals surface area contributed by atoms with E-state index < -0.39 is 0 Å². The van der Waals surface area contributed by atoms with Crippen molar-refractivity contribution in [1.82, 2.24) is 14.8 Å². The van der Waals surface area contributed by atoms with Gasteiger partial charge in [-0.2, -0.15) is 0 Å². The van der Waals surface area contributed by atoms with Crippen molar-refractivity contribution in [2.45, 2.75) is 6.04 Å². The molecule has 2 heterocycles. The van der Waals surface area contributed by atoms with Crippen molar-refractivity contribution in [3.05, 3.63) is 90.3 Å². The number of rotatable bonds is 6. The molecular formula is C23H25N3O2. The van der Waals surface area contributed by atoms with E-state index in [0.29, 0.717) is 12.1 Å². The predicted octanol–water partition coefficient (Wildman–Crippen LogP) is 3.28. The van der Waals surface area contributed by atoms with Crippen LogP contribution in [-0.4, -0.2) is 48.2 Å². The van der Waals surface area contributed by atoms with Crippen LogP contribution in [0.25, 0.3) is 5.69 Å². The third-order valence-corrected chi connectivity index (χ3v) is 5.16. The average molecular weight is 375 g/mol. The van der Waals surface area contributed by atoms with Gasteiger partial charge in [0.05, 0.1) is 19.3 Å². The van der Waals surface area contributed by atoms with E-state index in [4.69, 9.17) is 4.74 Å². The minimum Gasteiger partial charge on any atom is -0.379 e. The fourth-order valence-corrected chi connectivity index (χ4v) is 3.61. The summed E-state index contributed by atoms with van der Waals surface area (Å²) in [5, 5.41) is 3.12. The highest BCUT2D eigenvalue weighted by Crippen LogP contribution is 2.21. The van der Waals surface area contributed by atoms with Crippen molar-refractivity contribution >= 4 is 5.91 Å². The topological polar surface area (TPSA) is 46.5 Å². The number of aromatic nitrogens is 1. The summed E-state index contributed by atoms with van der Waals surface area (Å²) in [6.07, 6.45) is 3.98. The summed E-state index contributed by atoms with van der Waals surface area (Å²) in [6.45, 7) is 3.79. The molecule has 1 unspecified atom stereocenters. The van der Waals surface area contributed by atoms with Crippen molar-refractivity contribution < 1.29 is 9.53 Å². The molecule has 1 atom stereocenters. The fourth-order valence-electron chi connectivity index (χ4n) is 3.61. The van der Waals surface area contributed by atoms with Gasteiger partial charge in [-0.15, -0.1) is 0 Å². The first-order valence-electron chi connectivity index (χ1n) is 9.69. The number of nitrogens with one attached hydrogen (secondary N) is 1. The van der Waals surface area contributed by atoms with Gasteiger partial charge >= 0.3 is 0 Å². The number of hydrogen-bond acceptors (Lipinski definition) is 3. The van der Waals surface area contributed by atoms with Crippen LogP contribution in [-0.2, 0) is 4.74 Å². The number of amides is 1. The van der Waals surface area contributed by atoms with Crippen molar-refractivity contribution in [3.63, 3.8) is 0 Å². The summed E-state index contributed by atoms with van der Waals surface area (Å²) in [7, 11) is 0. The van der Waals surface area contributed by atoms with Gasteiger partial charge in [-0.3, -0.25) is 9.69 Å². The molecule has 1 N–H and O–H groups in total. The lowest BCUT2D eigenvalue weighted by molar-refractivity contribution is 0.0162. The largest absolute Gasteiger partial charge is 0.379 e. The second kappa shape index (κ2) is 8.87. The smallest absolute Gasteiger partial charge is 0.251 e. The summed E-state index contributed by atoms with van der Waals surface area (Å²) in [5.74, 6) is -0.0479. The molecule has 4 rings (SSSR count). The molecule has 144 valence electrons. The Labute approximate surface area is 165 Å². The van der Waals surface area contributed by atoms with Crippen LogP contribution in [0.1, 0.15) is 22.0 Å². The summed E-state index contributed by atoms with van der Waals surface area (Å²) >= 11 is 0. The SMILES string of the molecule is O=C(NCC(c1ccccc1)N1CCOCC1)c1ccc(-n2cccc2)cc1. The number of carbonyl (C=O) groups excluding carboxylic acids is 1. The molecule has 28 heavy (non-hydrogen) atoms. The maximum Gasteiger partial charge on any atom is 0.251 e. The third kappa shape index (κ3) is 4.32. The standard InChI is InChI=1S/C23H25N3O2/c27-23(20-8-10-21(11-9-20)25-12-4-5-13-25)24-18-22(19-6-2-1-3-7-19)26-14-16-28-17-15-26/h1-13,22H,14-18H2,(H,24,27). The minimum atomic E-state index is -0.0479. The van der Waals surface area contributed by atoms with Crippen LogP contribution in [0.5, 0.6) is 0 Å². The van der Waals surface area contributed by atoms with E-state index in [2.05, 4.69) is 22.3 Å². The molecule has 0 saturated carbocycles. The van der Waals surface area contributed by atoms with Crippen molar-refractivity contribution in [1.29, 1.82) is 0 Å². The van der Waals surface area contributed by atoms with Gasteiger partial charge in [-0.05, 0) is 42.0 Å². The molecule has 0 spiro atoms. The van der Waals surface area contributed by atoms with Crippen LogP contribution >= 0.6 is 0 Å². The highest BCUT2D eigenvalue weighted by atomic mass is 16.5. The van der Waals surface area contributed by atoms with Gasteiger partial charge in [-0.25, -0.2) is 0 Å². The second-order valence-electron chi connectivity index (χ2n) is 6.92. The molecular weight excluding hydrogens is 350 g/mol. The summed E-state index contributed by atoms with van der Waals surface area (Å²) in [4.78, 5) is 15.1. The zero-order valence-corrected chi connectivity index (χ0v) is 15.8. The number of carbonyl (C=O) groups is 1. The van der Waals surface area contributed by atoms with Crippen molar-refractivity contribution in [2.75, 3.05) is 32.8 Å². The van der Waals surface area contributed by atoms with Crippen LogP contribution in [0.3, 0.4) is 0 Å². The number of benzene rings is 2. The Morgan fingerprint density at radius 2 is 1.61 bits per heavy atom. The van der Waals surface area contributed by atoms with Gasteiger partial charge in [0.2, 0.25) is 0 Å². The van der Waals surface area contributed by atoms with E-state index in [-0.39, 0.29) is 11.9 Å². The van der Waals surface area contributed by atoms with E-state index in [1.54, 1.807) is 0 Å². The minimum absolute atomic E-state index is 0.0479. The zero-order valence-electron chi connectivity index (χ0n) is 15.8. The lowest BCUT2D eigenvalue weighted by atomic mass is 10.0. The van der Waals surface area contributed by atoms with E-state index in [9.17, 15) is 4.79 Å². The first kappa shape index (κ1) is 18.5. The van der Waals surface area contributed by atoms with E-state index in [1.165, 1.54) is 5.56 Å². The Bertz CT molecular complexity index is 870. The summed E-state index contributed by atoms with van der Waals surface area (Å²) < 4.78 is 7.51. The first-order chi connectivity index (χ1) is 13.8. The Morgan fingerprint density at radius 1 is 0.929 bits per heavy atom. The number of nitrogens with zero attached hydrogens (tertiary/aromatic N) is 2. The van der Waals surface area contributed by atoms with Crippen LogP contribution in [0.2, 0.25) is 0 Å². The normalized spacial score (nSPS) is 15.9. The molecule has 1 aliphatic rings. The Morgan fingerprint density at radius 3 is 2.29 bits per heavy atom. The highest BCUT2D eigenvalue weighted by Gasteiger charge is 2.23. The quantitative estimate of drug-likeness (QED) is 0.719. The van der Waals surface area contributed by atoms with Gasteiger partial charge in [0.1, 0.15) is 0 Å². The zero-order chi connectivity index (χ0) is 19.2. The monoisotopic (exact) mass is 375 g/mol. The van der Waals surface area contributed by atoms with Crippen LogP contribution in [0, 0.1) is 0 Å². The molecule has 0 bridgehead atoms. The predicted molar refractivity (Wildman–Crippen MR) is 110 cm³/mol. The molecule has 0 radical (unpaired) electrons. The molecule has 1 fully saturated rings. The lowest BCUT2D eigenvalue weighted by Crippen LogP contribution is -2.43. The molecule has 1 aliphatic heterocycles. The van der Waals surface area contributed by atoms with Crippen molar-refractivity contribution in [3.8, 4) is 5.69 Å². The van der Waals surface area contributed by atoms with E-state index in [0.717, 1.165) is 32.0 Å². The van der Waals surface area contributed by atoms with Gasteiger partial charge in [0.15, 0.2) is 0 Å². The van der Waals surface area contributed by atoms with Gasteiger partial charge in [-0.1, -0.05) is 30.3 Å². The molecule has 5 nitrogen and oxygen atoms in total. The Hall–Kier alpha value is -2.89. The molecule has 1 aromatic heterocycles. The van der Waals surface area contributed by atoms with Crippen LogP contribution < -0.4 is 5.32 Å². The molecule has 5 heteroatoms. The maximum absolute atomic E-state index is 12.7. The van der Waals surface area contributed by atoms with E-state index >= 15 is 0 Å². The van der Waals surface area contributed by atoms with Crippen LogP contribution in [0.15, 0.2) is 79.1 Å². The van der Waals surface area contributed by atoms with Gasteiger partial charge in [0, 0.05) is 43.3 Å². The molecule has 1 amide bonds. The lowest BCUT2D eigenvalue weighted by Gasteiger charge is -2.35. The molecule has 1 saturated heterocycles. The Kier molecular flexibility index (Phi) is 5.85. The molecule has 3 aromatic rings. The maximum atomic E-state index is 12.7. The van der Waals surface area contributed by atoms with Gasteiger partial charge in [0.25, 0.3) is 5.91 Å². The first-order valence-corrected chi connectivity index (χ1v) is 9.69. The van der Waals surface area contributed by atoms with E-state index in [1.807, 2.05) is 71.6 Å². The second-order valence-corrected chi connectivity index (χ2v) is 6.92. The fraction of sp³-hybridized carbons (Fsp3) is 0.261. The number of hydrogen-bond donors (Lipinski definition) is 1. The van der Waals surface area contributed by atoms with Crippen LogP contribution in [0.4, 0.5) is 0 Å². The number of morpholine rings is 1.